The number of imidazole rings is 1. The van der Waals surface area contributed by atoms with Crippen LogP contribution in [0.1, 0.15) is 22.5 Å². The lowest BCUT2D eigenvalue weighted by atomic mass is 10.1. The number of benzene rings is 2. The Morgan fingerprint density at radius 3 is 2.62 bits per heavy atom. The van der Waals surface area contributed by atoms with Crippen LogP contribution < -0.4 is 10.7 Å². The van der Waals surface area contributed by atoms with Gasteiger partial charge in [0.15, 0.2) is 5.11 Å². The summed E-state index contributed by atoms with van der Waals surface area (Å²) in [6, 6.07) is 15.3. The van der Waals surface area contributed by atoms with Gasteiger partial charge in [-0.15, -0.1) is 0 Å². The van der Waals surface area contributed by atoms with Crippen LogP contribution in [0.4, 0.5) is 11.5 Å². The zero-order valence-electron chi connectivity index (χ0n) is 17.3. The topological polar surface area (TPSA) is 118 Å². The highest BCUT2D eigenvalue weighted by molar-refractivity contribution is 7.80. The van der Waals surface area contributed by atoms with Crippen molar-refractivity contribution in [2.24, 2.45) is 5.10 Å². The van der Waals surface area contributed by atoms with Crippen molar-refractivity contribution in [2.45, 2.75) is 13.5 Å². The normalized spacial score (nSPS) is 11.2. The average Bonchev–Trinajstić information content (AvgIpc) is 3.18. The number of aliphatic hydroxyl groups is 1. The van der Waals surface area contributed by atoms with Crippen LogP contribution in [-0.4, -0.2) is 37.5 Å². The number of nitrogens with zero attached hydrogens (tertiary/aromatic N) is 4. The average molecular weight is 451 g/mol. The molecule has 0 unspecified atom stereocenters. The van der Waals surface area contributed by atoms with E-state index in [1.165, 1.54) is 10.8 Å². The minimum Gasteiger partial charge on any atom is -0.392 e. The summed E-state index contributed by atoms with van der Waals surface area (Å²) in [4.78, 5) is 14.6. The molecule has 1 aromatic heterocycles. The number of rotatable bonds is 8. The first-order valence-electron chi connectivity index (χ1n) is 9.72. The van der Waals surface area contributed by atoms with Gasteiger partial charge in [0.2, 0.25) is 5.82 Å². The Morgan fingerprint density at radius 2 is 1.94 bits per heavy atom. The van der Waals surface area contributed by atoms with Gasteiger partial charge in [0.05, 0.1) is 12.8 Å². The number of hydrogen-bond donors (Lipinski definition) is 3. The Hall–Kier alpha value is -3.89. The third kappa shape index (κ3) is 6.06. The highest BCUT2D eigenvalue weighted by atomic mass is 32.1. The van der Waals surface area contributed by atoms with E-state index in [1.54, 1.807) is 18.4 Å². The molecule has 0 aliphatic carbocycles. The number of nitro groups is 1. The predicted octanol–water partition coefficient (Wildman–Crippen LogP) is 3.58. The van der Waals surface area contributed by atoms with Crippen molar-refractivity contribution in [1.29, 1.82) is 0 Å². The molecule has 9 nitrogen and oxygen atoms in total. The summed E-state index contributed by atoms with van der Waals surface area (Å²) >= 11 is 5.25. The second-order valence-electron chi connectivity index (χ2n) is 6.75. The molecular weight excluding hydrogens is 428 g/mol. The molecular formula is C22H22N6O3S. The molecule has 0 amide bonds. The van der Waals surface area contributed by atoms with Crippen LogP contribution in [0, 0.1) is 17.0 Å². The second kappa shape index (κ2) is 10.9. The summed E-state index contributed by atoms with van der Waals surface area (Å²) in [5.74, 6) is 0.239. The van der Waals surface area contributed by atoms with Crippen molar-refractivity contribution in [1.82, 2.24) is 15.0 Å². The lowest BCUT2D eigenvalue weighted by molar-refractivity contribution is -0.392. The fraction of sp³-hybridized carbons (Fsp3) is 0.136. The van der Waals surface area contributed by atoms with Crippen molar-refractivity contribution in [3.8, 4) is 0 Å². The highest BCUT2D eigenvalue weighted by Gasteiger charge is 2.17. The van der Waals surface area contributed by atoms with E-state index in [4.69, 9.17) is 17.3 Å². The lowest BCUT2D eigenvalue weighted by Crippen LogP contribution is -2.24. The van der Waals surface area contributed by atoms with E-state index in [-0.39, 0.29) is 19.0 Å². The zero-order chi connectivity index (χ0) is 22.9. The monoisotopic (exact) mass is 450 g/mol. The van der Waals surface area contributed by atoms with Crippen molar-refractivity contribution in [2.75, 3.05) is 11.9 Å². The van der Waals surface area contributed by atoms with Crippen molar-refractivity contribution < 1.29 is 10.0 Å². The summed E-state index contributed by atoms with van der Waals surface area (Å²) in [7, 11) is 0. The number of thiocarbonyl (C=S) groups is 1. The number of hydrazone groups is 1. The summed E-state index contributed by atoms with van der Waals surface area (Å²) in [6.07, 6.45) is 6.29. The van der Waals surface area contributed by atoms with Crippen LogP contribution >= 0.6 is 12.2 Å². The minimum atomic E-state index is -0.523. The van der Waals surface area contributed by atoms with E-state index in [1.807, 2.05) is 55.5 Å². The smallest absolute Gasteiger partial charge is 0.343 e. The Bertz CT molecular complexity index is 1150. The first-order valence-corrected chi connectivity index (χ1v) is 10.1. The van der Waals surface area contributed by atoms with Crippen molar-refractivity contribution in [3.63, 3.8) is 0 Å². The molecule has 10 heteroatoms. The van der Waals surface area contributed by atoms with Gasteiger partial charge in [0, 0.05) is 11.8 Å². The van der Waals surface area contributed by atoms with Crippen LogP contribution in [0.5, 0.6) is 0 Å². The molecule has 3 rings (SSSR count). The highest BCUT2D eigenvalue weighted by Crippen LogP contribution is 2.16. The maximum Gasteiger partial charge on any atom is 0.343 e. The largest absolute Gasteiger partial charge is 0.392 e. The van der Waals surface area contributed by atoms with E-state index >= 15 is 0 Å². The summed E-state index contributed by atoms with van der Waals surface area (Å²) < 4.78 is 1.36. The fourth-order valence-electron chi connectivity index (χ4n) is 2.88. The van der Waals surface area contributed by atoms with E-state index in [2.05, 4.69) is 20.8 Å². The van der Waals surface area contributed by atoms with E-state index in [0.717, 1.165) is 22.4 Å². The standard InChI is InChI=1S/C22H22N6O3S/c1-16-4-2-3-5-19(16)25-22(32)26-24-14-18-8-6-17(7-9-18)10-11-20-23-15-21(28(30)31)27(20)12-13-29/h2-11,14-15,29H,12-13H2,1H3,(H2,25,26,32)/b11-10+,24-14+. The molecule has 1 heterocycles. The number of aryl methyl sites for hydroxylation is 1. The van der Waals surface area contributed by atoms with Gasteiger partial charge >= 0.3 is 5.82 Å². The van der Waals surface area contributed by atoms with Crippen molar-refractivity contribution in [3.05, 3.63) is 87.4 Å². The first-order chi connectivity index (χ1) is 15.5. The molecule has 0 aliphatic rings. The van der Waals surface area contributed by atoms with Crippen LogP contribution in [0.15, 0.2) is 59.8 Å². The van der Waals surface area contributed by atoms with E-state index in [0.29, 0.717) is 10.9 Å². The van der Waals surface area contributed by atoms with E-state index in [9.17, 15) is 10.1 Å². The summed E-state index contributed by atoms with van der Waals surface area (Å²) in [5, 5.41) is 27.8. The van der Waals surface area contributed by atoms with Gasteiger partial charge in [0.1, 0.15) is 12.7 Å². The van der Waals surface area contributed by atoms with Gasteiger partial charge in [-0.3, -0.25) is 5.43 Å². The summed E-state index contributed by atoms with van der Waals surface area (Å²) in [6.45, 7) is 1.87. The molecule has 2 aromatic carbocycles. The third-order valence-electron chi connectivity index (χ3n) is 4.51. The maximum absolute atomic E-state index is 11.1. The second-order valence-corrected chi connectivity index (χ2v) is 7.15. The van der Waals surface area contributed by atoms with Gasteiger partial charge in [0.25, 0.3) is 0 Å². The third-order valence-corrected chi connectivity index (χ3v) is 4.70. The van der Waals surface area contributed by atoms with Crippen LogP contribution in [0.25, 0.3) is 12.2 Å². The SMILES string of the molecule is Cc1ccccc1NC(=S)N/N=C/c1ccc(/C=C/c2ncc([N+](=O)[O-])n2CCO)cc1. The van der Waals surface area contributed by atoms with Gasteiger partial charge in [-0.25, -0.2) is 9.55 Å². The number of aromatic nitrogens is 2. The number of para-hydroxylation sites is 1. The number of nitrogens with one attached hydrogen (secondary N) is 2. The molecule has 3 N–H and O–H groups in total. The van der Waals surface area contributed by atoms with Gasteiger partial charge in [-0.05, 0) is 52.9 Å². The van der Waals surface area contributed by atoms with Gasteiger partial charge in [-0.2, -0.15) is 5.10 Å². The Kier molecular flexibility index (Phi) is 7.79. The molecule has 0 atom stereocenters. The molecule has 0 saturated carbocycles. The molecule has 3 aromatic rings. The Morgan fingerprint density at radius 1 is 1.22 bits per heavy atom. The van der Waals surface area contributed by atoms with Crippen LogP contribution in [0.3, 0.4) is 0 Å². The molecule has 0 aliphatic heterocycles. The summed E-state index contributed by atoms with van der Waals surface area (Å²) in [5.41, 5.74) is 6.54. The Labute approximate surface area is 190 Å². The molecule has 0 bridgehead atoms. The molecule has 0 saturated heterocycles. The zero-order valence-corrected chi connectivity index (χ0v) is 18.1. The lowest BCUT2D eigenvalue weighted by Gasteiger charge is -2.09. The molecule has 164 valence electrons. The van der Waals surface area contributed by atoms with Crippen molar-refractivity contribution >= 4 is 47.2 Å². The molecule has 0 radical (unpaired) electrons. The predicted molar refractivity (Wildman–Crippen MR) is 129 cm³/mol. The fourth-order valence-corrected chi connectivity index (χ4v) is 3.04. The number of aliphatic hydroxyl groups excluding tert-OH is 1. The van der Waals surface area contributed by atoms with E-state index < -0.39 is 4.92 Å². The number of hydrogen-bond acceptors (Lipinski definition) is 6. The quantitative estimate of drug-likeness (QED) is 0.208. The number of anilines is 1. The molecule has 0 spiro atoms. The van der Waals surface area contributed by atoms with Gasteiger partial charge in [-0.1, -0.05) is 42.5 Å². The Balaban J connectivity index is 1.59. The minimum absolute atomic E-state index is 0.0962. The molecule has 0 fully saturated rings. The van der Waals surface area contributed by atoms with Gasteiger partial charge < -0.3 is 20.5 Å². The first kappa shape index (κ1) is 22.8. The van der Waals surface area contributed by atoms with Crippen LogP contribution in [0.2, 0.25) is 0 Å². The molecule has 32 heavy (non-hydrogen) atoms. The maximum atomic E-state index is 11.1. The van der Waals surface area contributed by atoms with Crippen LogP contribution in [-0.2, 0) is 6.54 Å².